The summed E-state index contributed by atoms with van der Waals surface area (Å²) >= 11 is 0. The largest absolute Gasteiger partial charge is 0.386 e. The van der Waals surface area contributed by atoms with Crippen molar-refractivity contribution in [3.05, 3.63) is 18.0 Å². The maximum Gasteiger partial charge on any atom is 0.105 e. The highest BCUT2D eigenvalue weighted by Gasteiger charge is 2.08. The summed E-state index contributed by atoms with van der Waals surface area (Å²) in [7, 11) is 1.56. The highest BCUT2D eigenvalue weighted by Crippen LogP contribution is 2.10. The fraction of sp³-hybridized carbons (Fsp3) is 0.625. The van der Waals surface area contributed by atoms with Gasteiger partial charge >= 0.3 is 0 Å². The molecule has 1 aromatic heterocycles. The molecule has 0 aromatic carbocycles. The van der Waals surface area contributed by atoms with Crippen molar-refractivity contribution in [1.82, 2.24) is 9.78 Å². The second-order valence-electron chi connectivity index (χ2n) is 2.60. The summed E-state index contributed by atoms with van der Waals surface area (Å²) in [5.41, 5.74) is 0.804. The number of aliphatic hydroxyl groups is 1. The molecule has 4 nitrogen and oxygen atoms in total. The fourth-order valence-corrected chi connectivity index (χ4v) is 0.979. The average Bonchev–Trinajstić information content (AvgIpc) is 2.52. The van der Waals surface area contributed by atoms with Crippen molar-refractivity contribution in [3.8, 4) is 0 Å². The third-order valence-electron chi connectivity index (χ3n) is 1.69. The van der Waals surface area contributed by atoms with E-state index >= 15 is 0 Å². The second-order valence-corrected chi connectivity index (χ2v) is 2.60. The predicted molar refractivity (Wildman–Crippen MR) is 44.7 cm³/mol. The molecule has 0 aliphatic rings. The lowest BCUT2D eigenvalue weighted by Gasteiger charge is -2.05. The number of methoxy groups -OCH3 is 1. The van der Waals surface area contributed by atoms with E-state index in [1.165, 1.54) is 0 Å². The van der Waals surface area contributed by atoms with Crippen molar-refractivity contribution in [3.63, 3.8) is 0 Å². The van der Waals surface area contributed by atoms with Crippen molar-refractivity contribution in [2.45, 2.75) is 19.6 Å². The average molecular weight is 170 g/mol. The molecule has 0 saturated carbocycles. The Labute approximate surface area is 71.8 Å². The Hall–Kier alpha value is -0.870. The highest BCUT2D eigenvalue weighted by molar-refractivity contribution is 5.07. The number of aromatic nitrogens is 2. The molecule has 0 spiro atoms. The van der Waals surface area contributed by atoms with Crippen molar-refractivity contribution in [2.24, 2.45) is 0 Å². The van der Waals surface area contributed by atoms with E-state index in [4.69, 9.17) is 4.74 Å². The molecular formula is C8H14N2O2. The van der Waals surface area contributed by atoms with E-state index in [1.807, 2.05) is 13.1 Å². The minimum absolute atomic E-state index is 0.315. The molecule has 1 heterocycles. The fourth-order valence-electron chi connectivity index (χ4n) is 0.979. The van der Waals surface area contributed by atoms with Crippen LogP contribution in [0.15, 0.2) is 12.4 Å². The molecule has 4 heteroatoms. The van der Waals surface area contributed by atoms with Crippen LogP contribution in [0.1, 0.15) is 18.6 Å². The lowest BCUT2D eigenvalue weighted by Crippen LogP contribution is -2.03. The van der Waals surface area contributed by atoms with E-state index in [0.717, 1.165) is 12.1 Å². The molecule has 1 atom stereocenters. The summed E-state index contributed by atoms with van der Waals surface area (Å²) in [6, 6.07) is 0. The minimum atomic E-state index is -0.560. The Balaban J connectivity index is 2.61. The van der Waals surface area contributed by atoms with Gasteiger partial charge in [-0.2, -0.15) is 5.10 Å². The zero-order valence-corrected chi connectivity index (χ0v) is 7.40. The van der Waals surface area contributed by atoms with Crippen LogP contribution < -0.4 is 0 Å². The lowest BCUT2D eigenvalue weighted by molar-refractivity contribution is 0.0643. The molecule has 12 heavy (non-hydrogen) atoms. The van der Waals surface area contributed by atoms with Crippen LogP contribution in [0.2, 0.25) is 0 Å². The number of rotatable bonds is 4. The predicted octanol–water partition coefficient (Wildman–Crippen LogP) is 0.583. The maximum absolute atomic E-state index is 9.45. The first kappa shape index (κ1) is 9.22. The summed E-state index contributed by atoms with van der Waals surface area (Å²) in [6.45, 7) is 3.13. The van der Waals surface area contributed by atoms with E-state index < -0.39 is 6.10 Å². The van der Waals surface area contributed by atoms with Gasteiger partial charge in [-0.25, -0.2) is 0 Å². The van der Waals surface area contributed by atoms with Gasteiger partial charge in [-0.15, -0.1) is 0 Å². The molecule has 1 aromatic rings. The van der Waals surface area contributed by atoms with E-state index in [2.05, 4.69) is 5.10 Å². The van der Waals surface area contributed by atoms with Gasteiger partial charge in [-0.05, 0) is 6.92 Å². The quantitative estimate of drug-likeness (QED) is 0.719. The zero-order chi connectivity index (χ0) is 8.97. The summed E-state index contributed by atoms with van der Waals surface area (Å²) in [5.74, 6) is 0. The third-order valence-corrected chi connectivity index (χ3v) is 1.69. The van der Waals surface area contributed by atoms with Crippen LogP contribution in [0.25, 0.3) is 0 Å². The molecule has 1 unspecified atom stereocenters. The zero-order valence-electron chi connectivity index (χ0n) is 7.40. The standard InChI is InChI=1S/C8H14N2O2/c1-3-10-5-7(4-9-10)8(11)6-12-2/h4-5,8,11H,3,6H2,1-2H3. The van der Waals surface area contributed by atoms with Crippen molar-refractivity contribution in [1.29, 1.82) is 0 Å². The molecule has 68 valence electrons. The topological polar surface area (TPSA) is 47.3 Å². The Kier molecular flexibility index (Phi) is 3.25. The van der Waals surface area contributed by atoms with Crippen LogP contribution in [-0.2, 0) is 11.3 Å². The molecule has 0 saturated heterocycles. The van der Waals surface area contributed by atoms with Gasteiger partial charge in [0, 0.05) is 25.4 Å². The van der Waals surface area contributed by atoms with Gasteiger partial charge in [0.05, 0.1) is 12.8 Å². The summed E-state index contributed by atoms with van der Waals surface area (Å²) in [5, 5.41) is 13.5. The van der Waals surface area contributed by atoms with Crippen LogP contribution in [-0.4, -0.2) is 28.6 Å². The molecule has 0 amide bonds. The highest BCUT2D eigenvalue weighted by atomic mass is 16.5. The third kappa shape index (κ3) is 2.06. The molecule has 0 bridgehead atoms. The first-order valence-electron chi connectivity index (χ1n) is 3.97. The Morgan fingerprint density at radius 3 is 3.00 bits per heavy atom. The van der Waals surface area contributed by atoms with Crippen LogP contribution in [0.3, 0.4) is 0 Å². The number of hydrogen-bond acceptors (Lipinski definition) is 3. The van der Waals surface area contributed by atoms with E-state index in [0.29, 0.717) is 6.61 Å². The van der Waals surface area contributed by atoms with E-state index in [1.54, 1.807) is 18.0 Å². The van der Waals surface area contributed by atoms with Crippen molar-refractivity contribution < 1.29 is 9.84 Å². The maximum atomic E-state index is 9.45. The van der Waals surface area contributed by atoms with Gasteiger partial charge in [0.1, 0.15) is 6.10 Å². The Bertz CT molecular complexity index is 235. The normalized spacial score (nSPS) is 13.2. The summed E-state index contributed by atoms with van der Waals surface area (Å²) < 4.78 is 6.59. The Morgan fingerprint density at radius 2 is 2.50 bits per heavy atom. The molecule has 0 aliphatic heterocycles. The molecule has 0 fully saturated rings. The van der Waals surface area contributed by atoms with Crippen molar-refractivity contribution in [2.75, 3.05) is 13.7 Å². The number of hydrogen-bond donors (Lipinski definition) is 1. The van der Waals surface area contributed by atoms with Gasteiger partial charge in [-0.1, -0.05) is 0 Å². The number of aryl methyl sites for hydroxylation is 1. The van der Waals surface area contributed by atoms with E-state index in [-0.39, 0.29) is 0 Å². The first-order valence-corrected chi connectivity index (χ1v) is 3.97. The van der Waals surface area contributed by atoms with Crippen molar-refractivity contribution >= 4 is 0 Å². The van der Waals surface area contributed by atoms with Crippen LogP contribution >= 0.6 is 0 Å². The Morgan fingerprint density at radius 1 is 1.75 bits per heavy atom. The number of nitrogens with zero attached hydrogens (tertiary/aromatic N) is 2. The molecule has 0 aliphatic carbocycles. The number of aliphatic hydroxyl groups excluding tert-OH is 1. The van der Waals surface area contributed by atoms with Crippen LogP contribution in [0.5, 0.6) is 0 Å². The summed E-state index contributed by atoms with van der Waals surface area (Å²) in [6.07, 6.45) is 2.92. The lowest BCUT2D eigenvalue weighted by atomic mass is 10.2. The smallest absolute Gasteiger partial charge is 0.105 e. The minimum Gasteiger partial charge on any atom is -0.386 e. The monoisotopic (exact) mass is 170 g/mol. The second kappa shape index (κ2) is 4.23. The van der Waals surface area contributed by atoms with Crippen LogP contribution in [0.4, 0.5) is 0 Å². The van der Waals surface area contributed by atoms with E-state index in [9.17, 15) is 5.11 Å². The van der Waals surface area contributed by atoms with Gasteiger partial charge in [0.15, 0.2) is 0 Å². The van der Waals surface area contributed by atoms with Crippen LogP contribution in [0, 0.1) is 0 Å². The molecule has 0 radical (unpaired) electrons. The molecule has 1 N–H and O–H groups in total. The van der Waals surface area contributed by atoms with Gasteiger partial charge in [-0.3, -0.25) is 4.68 Å². The summed E-state index contributed by atoms with van der Waals surface area (Å²) in [4.78, 5) is 0. The molecule has 1 rings (SSSR count). The molecular weight excluding hydrogens is 156 g/mol. The van der Waals surface area contributed by atoms with Gasteiger partial charge in [0.2, 0.25) is 0 Å². The first-order chi connectivity index (χ1) is 5.77. The SMILES string of the molecule is CCn1cc(C(O)COC)cn1. The number of ether oxygens (including phenoxy) is 1. The van der Waals surface area contributed by atoms with Gasteiger partial charge < -0.3 is 9.84 Å². The van der Waals surface area contributed by atoms with Gasteiger partial charge in [0.25, 0.3) is 0 Å².